The second-order valence-electron chi connectivity index (χ2n) is 5.72. The molecule has 1 aliphatic heterocycles. The van der Waals surface area contributed by atoms with E-state index in [0.717, 1.165) is 13.1 Å². The van der Waals surface area contributed by atoms with E-state index < -0.39 is 0 Å². The van der Waals surface area contributed by atoms with E-state index in [1.165, 1.54) is 0 Å². The van der Waals surface area contributed by atoms with E-state index >= 15 is 0 Å². The molecule has 0 radical (unpaired) electrons. The zero-order valence-corrected chi connectivity index (χ0v) is 14.6. The molecule has 0 saturated carbocycles. The van der Waals surface area contributed by atoms with Gasteiger partial charge in [-0.2, -0.15) is 4.68 Å². The number of benzene rings is 1. The van der Waals surface area contributed by atoms with Crippen LogP contribution in [0.4, 0.5) is 5.69 Å². The summed E-state index contributed by atoms with van der Waals surface area (Å²) in [6.45, 7) is 5.55. The summed E-state index contributed by atoms with van der Waals surface area (Å²) in [5.41, 5.74) is 1.38. The zero-order valence-electron chi connectivity index (χ0n) is 13.8. The maximum atomic E-state index is 12.3. The third kappa shape index (κ3) is 3.49. The molecule has 2 aromatic rings. The Hall–Kier alpha value is -2.19. The quantitative estimate of drug-likeness (QED) is 0.839. The lowest BCUT2D eigenvalue weighted by Crippen LogP contribution is -2.48. The maximum Gasteiger partial charge on any atom is 0.227 e. The van der Waals surface area contributed by atoms with Crippen molar-refractivity contribution in [1.29, 1.82) is 0 Å². The number of aromatic nitrogens is 4. The minimum atomic E-state index is -0.0309. The summed E-state index contributed by atoms with van der Waals surface area (Å²) in [5.74, 6) is 1.66. The number of ether oxygens (including phenoxy) is 1. The van der Waals surface area contributed by atoms with Gasteiger partial charge >= 0.3 is 0 Å². The van der Waals surface area contributed by atoms with Crippen LogP contribution in [0.2, 0.25) is 0 Å². The fraction of sp³-hybridized carbons (Fsp3) is 0.467. The monoisotopic (exact) mass is 352 g/mol. The number of tetrazole rings is 1. The average Bonchev–Trinajstić information content (AvgIpc) is 2.91. The third-order valence-electron chi connectivity index (χ3n) is 4.23. The molecule has 1 atom stereocenters. The smallest absolute Gasteiger partial charge is 0.227 e. The first-order valence-corrected chi connectivity index (χ1v) is 7.55. The molecule has 1 saturated heterocycles. The number of hydrogen-bond donors (Lipinski definition) is 2. The molecule has 1 unspecified atom stereocenters. The van der Waals surface area contributed by atoms with E-state index in [2.05, 4.69) is 26.2 Å². The van der Waals surface area contributed by atoms with Gasteiger partial charge in [-0.15, -0.1) is 17.5 Å². The summed E-state index contributed by atoms with van der Waals surface area (Å²) >= 11 is 0. The first-order valence-electron chi connectivity index (χ1n) is 7.55. The van der Waals surface area contributed by atoms with Crippen molar-refractivity contribution in [1.82, 2.24) is 25.5 Å². The molecule has 130 valence electrons. The van der Waals surface area contributed by atoms with Gasteiger partial charge in [-0.25, -0.2) is 0 Å². The van der Waals surface area contributed by atoms with Crippen LogP contribution in [0.15, 0.2) is 18.2 Å². The van der Waals surface area contributed by atoms with E-state index in [-0.39, 0.29) is 24.2 Å². The lowest BCUT2D eigenvalue weighted by molar-refractivity contribution is -0.121. The lowest BCUT2D eigenvalue weighted by atomic mass is 9.88. The molecule has 1 aromatic heterocycles. The normalized spacial score (nSPS) is 15.1. The van der Waals surface area contributed by atoms with Gasteiger partial charge in [0.15, 0.2) is 5.82 Å². The molecule has 0 aliphatic carbocycles. The van der Waals surface area contributed by atoms with Crippen LogP contribution in [-0.2, 0) is 4.79 Å². The van der Waals surface area contributed by atoms with Gasteiger partial charge in [0.25, 0.3) is 0 Å². The highest BCUT2D eigenvalue weighted by Crippen LogP contribution is 2.27. The predicted octanol–water partition coefficient (Wildman–Crippen LogP) is 1.20. The summed E-state index contributed by atoms with van der Waals surface area (Å²) in [7, 11) is 1.59. The highest BCUT2D eigenvalue weighted by Gasteiger charge is 2.28. The standard InChI is InChI=1S/C15H20N6O2.ClH/c1-9(11-7-16-8-11)15(22)17-12-4-5-14(23-3)13(6-12)21-10(2)18-19-20-21;/h4-6,9,11,16H,7-8H2,1-3H3,(H,17,22);1H. The summed E-state index contributed by atoms with van der Waals surface area (Å²) in [4.78, 5) is 12.3. The SMILES string of the molecule is COc1ccc(NC(=O)C(C)C2CNC2)cc1-n1nnnc1C.Cl. The summed E-state index contributed by atoms with van der Waals surface area (Å²) < 4.78 is 6.94. The molecule has 24 heavy (non-hydrogen) atoms. The number of carbonyl (C=O) groups excluding carboxylic acids is 1. The number of aryl methyl sites for hydroxylation is 1. The second-order valence-corrected chi connectivity index (χ2v) is 5.72. The Morgan fingerprint density at radius 2 is 2.21 bits per heavy atom. The minimum absolute atomic E-state index is 0. The average molecular weight is 353 g/mol. The van der Waals surface area contributed by atoms with Gasteiger partial charge in [0.05, 0.1) is 7.11 Å². The molecule has 1 fully saturated rings. The Labute approximate surface area is 146 Å². The van der Waals surface area contributed by atoms with E-state index in [1.807, 2.05) is 19.1 Å². The van der Waals surface area contributed by atoms with Gasteiger partial charge in [0.1, 0.15) is 11.4 Å². The van der Waals surface area contributed by atoms with Crippen LogP contribution >= 0.6 is 12.4 Å². The third-order valence-corrected chi connectivity index (χ3v) is 4.23. The van der Waals surface area contributed by atoms with Crippen molar-refractivity contribution in [3.63, 3.8) is 0 Å². The fourth-order valence-electron chi connectivity index (χ4n) is 2.52. The van der Waals surface area contributed by atoms with E-state index in [4.69, 9.17) is 4.74 Å². The molecule has 1 aromatic carbocycles. The van der Waals surface area contributed by atoms with Crippen molar-refractivity contribution in [2.24, 2.45) is 11.8 Å². The Morgan fingerprint density at radius 1 is 1.46 bits per heavy atom. The first kappa shape index (κ1) is 18.2. The highest BCUT2D eigenvalue weighted by molar-refractivity contribution is 5.93. The van der Waals surface area contributed by atoms with Gasteiger partial charge in [-0.1, -0.05) is 6.92 Å². The molecule has 0 spiro atoms. The topological polar surface area (TPSA) is 94.0 Å². The van der Waals surface area contributed by atoms with Crippen LogP contribution in [-0.4, -0.2) is 46.3 Å². The van der Waals surface area contributed by atoms with Crippen LogP contribution in [0.25, 0.3) is 5.69 Å². The van der Waals surface area contributed by atoms with Crippen LogP contribution in [0.3, 0.4) is 0 Å². The second kappa shape index (κ2) is 7.59. The largest absolute Gasteiger partial charge is 0.494 e. The molecule has 0 bridgehead atoms. The van der Waals surface area contributed by atoms with Crippen molar-refractivity contribution >= 4 is 24.0 Å². The summed E-state index contributed by atoms with van der Waals surface area (Å²) in [6.07, 6.45) is 0. The Morgan fingerprint density at radius 3 is 2.75 bits per heavy atom. The number of amides is 1. The van der Waals surface area contributed by atoms with E-state index in [1.54, 1.807) is 24.8 Å². The van der Waals surface area contributed by atoms with Crippen LogP contribution in [0.1, 0.15) is 12.7 Å². The van der Waals surface area contributed by atoms with Crippen molar-refractivity contribution in [3.8, 4) is 11.4 Å². The molecule has 8 nitrogen and oxygen atoms in total. The number of nitrogens with one attached hydrogen (secondary N) is 2. The van der Waals surface area contributed by atoms with Gasteiger partial charge in [0.2, 0.25) is 5.91 Å². The first-order chi connectivity index (χ1) is 11.1. The van der Waals surface area contributed by atoms with Gasteiger partial charge in [-0.3, -0.25) is 4.79 Å². The number of carbonyl (C=O) groups is 1. The maximum absolute atomic E-state index is 12.3. The molecule has 1 aliphatic rings. The highest BCUT2D eigenvalue weighted by atomic mass is 35.5. The molecule has 1 amide bonds. The van der Waals surface area contributed by atoms with Gasteiger partial charge < -0.3 is 15.4 Å². The van der Waals surface area contributed by atoms with Gasteiger partial charge in [-0.05, 0) is 54.6 Å². The zero-order chi connectivity index (χ0) is 16.4. The molecular formula is C15H21ClN6O2. The Balaban J connectivity index is 0.00000208. The van der Waals surface area contributed by atoms with Crippen molar-refractivity contribution < 1.29 is 9.53 Å². The van der Waals surface area contributed by atoms with Crippen LogP contribution in [0, 0.1) is 18.8 Å². The summed E-state index contributed by atoms with van der Waals surface area (Å²) in [6, 6.07) is 5.42. The molecular weight excluding hydrogens is 332 g/mol. The predicted molar refractivity (Wildman–Crippen MR) is 91.8 cm³/mol. The number of rotatable bonds is 5. The number of methoxy groups -OCH3 is 1. The minimum Gasteiger partial charge on any atom is -0.494 e. The fourth-order valence-corrected chi connectivity index (χ4v) is 2.52. The number of anilines is 1. The van der Waals surface area contributed by atoms with Crippen molar-refractivity contribution in [2.75, 3.05) is 25.5 Å². The van der Waals surface area contributed by atoms with E-state index in [9.17, 15) is 4.79 Å². The van der Waals surface area contributed by atoms with Gasteiger partial charge in [0, 0.05) is 11.6 Å². The van der Waals surface area contributed by atoms with Crippen molar-refractivity contribution in [2.45, 2.75) is 13.8 Å². The molecule has 2 heterocycles. The molecule has 2 N–H and O–H groups in total. The number of hydrogen-bond acceptors (Lipinski definition) is 6. The Bertz CT molecular complexity index is 716. The Kier molecular flexibility index (Phi) is 5.74. The molecule has 9 heteroatoms. The number of halogens is 1. The molecule has 3 rings (SSSR count). The van der Waals surface area contributed by atoms with Crippen molar-refractivity contribution in [3.05, 3.63) is 24.0 Å². The van der Waals surface area contributed by atoms with Crippen LogP contribution < -0.4 is 15.4 Å². The number of nitrogens with zero attached hydrogens (tertiary/aromatic N) is 4. The summed E-state index contributed by atoms with van der Waals surface area (Å²) in [5, 5.41) is 17.6. The lowest BCUT2D eigenvalue weighted by Gasteiger charge is -2.31. The van der Waals surface area contributed by atoms with Crippen LogP contribution in [0.5, 0.6) is 5.75 Å². The van der Waals surface area contributed by atoms with E-state index in [0.29, 0.717) is 28.9 Å².